The third-order valence-corrected chi connectivity index (χ3v) is 3.71. The van der Waals surface area contributed by atoms with Crippen molar-refractivity contribution in [1.82, 2.24) is 9.97 Å². The van der Waals surface area contributed by atoms with Crippen LogP contribution in [0.4, 0.5) is 0 Å². The summed E-state index contributed by atoms with van der Waals surface area (Å²) in [6.07, 6.45) is 1.31. The number of nitrogens with zero attached hydrogens (tertiary/aromatic N) is 2. The van der Waals surface area contributed by atoms with E-state index in [1.807, 2.05) is 6.07 Å². The summed E-state index contributed by atoms with van der Waals surface area (Å²) in [6.45, 7) is 0. The van der Waals surface area contributed by atoms with Gasteiger partial charge in [0, 0.05) is 6.07 Å². The molecular weight excluding hydrogens is 322 g/mol. The van der Waals surface area contributed by atoms with E-state index in [1.54, 1.807) is 36.4 Å². The minimum Gasteiger partial charge on any atom is -0.493 e. The highest BCUT2D eigenvalue weighted by molar-refractivity contribution is 5.89. The van der Waals surface area contributed by atoms with E-state index in [0.29, 0.717) is 28.0 Å². The molecule has 7 heteroatoms. The summed E-state index contributed by atoms with van der Waals surface area (Å²) in [5, 5.41) is 0.522. The number of hydrogen-bond acceptors (Lipinski definition) is 7. The number of fused-ring (bicyclic) bond motifs is 1. The van der Waals surface area contributed by atoms with E-state index < -0.39 is 12.0 Å². The van der Waals surface area contributed by atoms with Crippen molar-refractivity contribution in [3.05, 3.63) is 54.4 Å². The monoisotopic (exact) mass is 339 g/mol. The lowest BCUT2D eigenvalue weighted by Crippen LogP contribution is -2.26. The number of hydrogen-bond donors (Lipinski definition) is 1. The summed E-state index contributed by atoms with van der Waals surface area (Å²) in [7, 11) is 3.05. The Morgan fingerprint density at radius 3 is 2.40 bits per heavy atom. The molecule has 0 aliphatic heterocycles. The zero-order valence-electron chi connectivity index (χ0n) is 13.8. The van der Waals surface area contributed by atoms with E-state index in [0.717, 1.165) is 0 Å². The second kappa shape index (κ2) is 7.14. The lowest BCUT2D eigenvalue weighted by molar-refractivity contribution is -0.136. The molecule has 0 fully saturated rings. The maximum absolute atomic E-state index is 12.4. The van der Waals surface area contributed by atoms with Crippen LogP contribution in [0.5, 0.6) is 17.4 Å². The molecule has 7 nitrogen and oxygen atoms in total. The van der Waals surface area contributed by atoms with Crippen LogP contribution in [0.15, 0.2) is 48.8 Å². The largest absolute Gasteiger partial charge is 0.493 e. The molecule has 0 spiro atoms. The highest BCUT2D eigenvalue weighted by Gasteiger charge is 2.20. The first-order valence-electron chi connectivity index (χ1n) is 7.53. The van der Waals surface area contributed by atoms with Crippen LogP contribution in [0.25, 0.3) is 10.9 Å². The first kappa shape index (κ1) is 16.7. The van der Waals surface area contributed by atoms with Crippen molar-refractivity contribution in [3.63, 3.8) is 0 Å². The molecule has 0 saturated carbocycles. The quantitative estimate of drug-likeness (QED) is 0.712. The highest BCUT2D eigenvalue weighted by atomic mass is 16.5. The summed E-state index contributed by atoms with van der Waals surface area (Å²) in [5.74, 6) is 0.504. The van der Waals surface area contributed by atoms with E-state index in [4.69, 9.17) is 19.9 Å². The zero-order valence-corrected chi connectivity index (χ0v) is 13.8. The number of rotatable bonds is 5. The van der Waals surface area contributed by atoms with Gasteiger partial charge in [-0.05, 0) is 11.6 Å². The fourth-order valence-corrected chi connectivity index (χ4v) is 2.40. The molecule has 1 aromatic heterocycles. The van der Waals surface area contributed by atoms with Crippen LogP contribution < -0.4 is 19.9 Å². The molecule has 1 unspecified atom stereocenters. The third-order valence-electron chi connectivity index (χ3n) is 3.71. The zero-order chi connectivity index (χ0) is 17.8. The number of benzene rings is 2. The summed E-state index contributed by atoms with van der Waals surface area (Å²) in [5.41, 5.74) is 7.19. The number of nitrogens with two attached hydrogens (primary N) is 1. The first-order valence-corrected chi connectivity index (χ1v) is 7.53. The predicted molar refractivity (Wildman–Crippen MR) is 91.6 cm³/mol. The number of ether oxygens (including phenoxy) is 3. The SMILES string of the molecule is COc1cc2ncnc(OC(=O)C(N)c3ccccc3)c2cc1OC. The lowest BCUT2D eigenvalue weighted by Gasteiger charge is -2.13. The van der Waals surface area contributed by atoms with E-state index in [1.165, 1.54) is 20.5 Å². The van der Waals surface area contributed by atoms with Gasteiger partial charge in [-0.3, -0.25) is 0 Å². The van der Waals surface area contributed by atoms with Crippen molar-refractivity contribution in [1.29, 1.82) is 0 Å². The molecule has 2 aromatic carbocycles. The Labute approximate surface area is 144 Å². The van der Waals surface area contributed by atoms with Crippen LogP contribution in [0.3, 0.4) is 0 Å². The van der Waals surface area contributed by atoms with Gasteiger partial charge in [0.1, 0.15) is 12.4 Å². The summed E-state index contributed by atoms with van der Waals surface area (Å²) < 4.78 is 15.9. The van der Waals surface area contributed by atoms with Gasteiger partial charge in [-0.2, -0.15) is 0 Å². The maximum Gasteiger partial charge on any atom is 0.334 e. The number of methoxy groups -OCH3 is 2. The highest BCUT2D eigenvalue weighted by Crippen LogP contribution is 2.34. The summed E-state index contributed by atoms with van der Waals surface area (Å²) >= 11 is 0. The van der Waals surface area contributed by atoms with Gasteiger partial charge in [-0.15, -0.1) is 0 Å². The van der Waals surface area contributed by atoms with Gasteiger partial charge in [0.2, 0.25) is 5.88 Å². The van der Waals surface area contributed by atoms with Crippen molar-refractivity contribution >= 4 is 16.9 Å². The molecule has 0 aliphatic carbocycles. The molecule has 0 aliphatic rings. The number of esters is 1. The number of carbonyl (C=O) groups excluding carboxylic acids is 1. The summed E-state index contributed by atoms with van der Waals surface area (Å²) in [6, 6.07) is 11.4. The van der Waals surface area contributed by atoms with Gasteiger partial charge in [0.05, 0.1) is 25.1 Å². The van der Waals surface area contributed by atoms with Crippen molar-refractivity contribution in [3.8, 4) is 17.4 Å². The lowest BCUT2D eigenvalue weighted by atomic mass is 10.1. The van der Waals surface area contributed by atoms with Gasteiger partial charge >= 0.3 is 5.97 Å². The van der Waals surface area contributed by atoms with E-state index in [9.17, 15) is 4.79 Å². The molecule has 2 N–H and O–H groups in total. The van der Waals surface area contributed by atoms with Gasteiger partial charge in [-0.25, -0.2) is 14.8 Å². The van der Waals surface area contributed by atoms with Crippen LogP contribution in [-0.4, -0.2) is 30.2 Å². The number of aromatic nitrogens is 2. The van der Waals surface area contributed by atoms with Gasteiger partial charge < -0.3 is 19.9 Å². The van der Waals surface area contributed by atoms with Crippen LogP contribution in [-0.2, 0) is 4.79 Å². The predicted octanol–water partition coefficient (Wildman–Crippen LogP) is 2.25. The minimum absolute atomic E-state index is 0.113. The molecule has 1 atom stereocenters. The second-order valence-electron chi connectivity index (χ2n) is 5.21. The molecule has 25 heavy (non-hydrogen) atoms. The molecule has 0 amide bonds. The first-order chi connectivity index (χ1) is 12.1. The van der Waals surface area contributed by atoms with Crippen LogP contribution >= 0.6 is 0 Å². The molecule has 3 aromatic rings. The number of carbonyl (C=O) groups is 1. The minimum atomic E-state index is -0.911. The van der Waals surface area contributed by atoms with E-state index in [2.05, 4.69) is 9.97 Å². The Morgan fingerprint density at radius 2 is 1.72 bits per heavy atom. The van der Waals surface area contributed by atoms with E-state index in [-0.39, 0.29) is 5.88 Å². The average molecular weight is 339 g/mol. The third kappa shape index (κ3) is 3.36. The Hall–Kier alpha value is -3.19. The van der Waals surface area contributed by atoms with Crippen molar-refractivity contribution < 1.29 is 19.0 Å². The Balaban J connectivity index is 1.94. The van der Waals surface area contributed by atoms with Crippen LogP contribution in [0.1, 0.15) is 11.6 Å². The van der Waals surface area contributed by atoms with Crippen LogP contribution in [0, 0.1) is 0 Å². The topological polar surface area (TPSA) is 96.6 Å². The standard InChI is InChI=1S/C18H17N3O4/c1-23-14-8-12-13(9-15(14)24-2)20-10-21-17(12)25-18(22)16(19)11-6-4-3-5-7-11/h3-10,16H,19H2,1-2H3. The molecule has 0 radical (unpaired) electrons. The molecule has 0 saturated heterocycles. The fourth-order valence-electron chi connectivity index (χ4n) is 2.40. The van der Waals surface area contributed by atoms with Gasteiger partial charge in [0.25, 0.3) is 0 Å². The molecular formula is C18H17N3O4. The average Bonchev–Trinajstić information content (AvgIpc) is 2.67. The van der Waals surface area contributed by atoms with Gasteiger partial charge in [0.15, 0.2) is 11.5 Å². The normalized spacial score (nSPS) is 11.8. The van der Waals surface area contributed by atoms with E-state index >= 15 is 0 Å². The molecule has 128 valence electrons. The Bertz CT molecular complexity index is 899. The maximum atomic E-state index is 12.4. The fraction of sp³-hybridized carbons (Fsp3) is 0.167. The van der Waals surface area contributed by atoms with Crippen molar-refractivity contribution in [2.24, 2.45) is 5.73 Å². The summed E-state index contributed by atoms with van der Waals surface area (Å²) in [4.78, 5) is 20.6. The second-order valence-corrected chi connectivity index (χ2v) is 5.21. The molecule has 0 bridgehead atoms. The van der Waals surface area contributed by atoms with Crippen molar-refractivity contribution in [2.75, 3.05) is 14.2 Å². The van der Waals surface area contributed by atoms with Crippen LogP contribution in [0.2, 0.25) is 0 Å². The molecule has 1 heterocycles. The Morgan fingerprint density at radius 1 is 1.04 bits per heavy atom. The van der Waals surface area contributed by atoms with Crippen molar-refractivity contribution in [2.45, 2.75) is 6.04 Å². The Kier molecular flexibility index (Phi) is 4.76. The smallest absolute Gasteiger partial charge is 0.334 e. The molecule has 3 rings (SSSR count). The van der Waals surface area contributed by atoms with Gasteiger partial charge in [-0.1, -0.05) is 30.3 Å².